The van der Waals surface area contributed by atoms with E-state index < -0.39 is 11.6 Å². The van der Waals surface area contributed by atoms with Gasteiger partial charge in [0.05, 0.1) is 0 Å². The normalized spacial score (nSPS) is 10.3. The highest BCUT2D eigenvalue weighted by Crippen LogP contribution is 2.20. The summed E-state index contributed by atoms with van der Waals surface area (Å²) < 4.78 is 32.6. The lowest BCUT2D eigenvalue weighted by Crippen LogP contribution is -2.12. The maximum Gasteiger partial charge on any atom is 0.190 e. The quantitative estimate of drug-likeness (QED) is 0.830. The highest BCUT2D eigenvalue weighted by atomic mass is 79.9. The van der Waals surface area contributed by atoms with Crippen LogP contribution in [0.4, 0.5) is 14.5 Å². The molecule has 2 nitrogen and oxygen atoms in total. The van der Waals surface area contributed by atoms with Crippen LogP contribution in [0.25, 0.3) is 0 Å². The summed E-state index contributed by atoms with van der Waals surface area (Å²) >= 11 is 3.34. The Morgan fingerprint density at radius 3 is 2.26 bits per heavy atom. The van der Waals surface area contributed by atoms with E-state index in [1.54, 1.807) is 0 Å². The van der Waals surface area contributed by atoms with E-state index in [1.807, 2.05) is 24.3 Å². The molecule has 0 amide bonds. The molecular weight excluding hydrogens is 316 g/mol. The summed E-state index contributed by atoms with van der Waals surface area (Å²) in [6, 6.07) is 11.2. The van der Waals surface area contributed by atoms with Crippen molar-refractivity contribution >= 4 is 21.6 Å². The van der Waals surface area contributed by atoms with Crippen molar-refractivity contribution in [2.45, 2.75) is 0 Å². The molecule has 0 unspecified atom stereocenters. The van der Waals surface area contributed by atoms with Crippen molar-refractivity contribution in [1.29, 1.82) is 0 Å². The molecule has 2 aromatic carbocycles. The van der Waals surface area contributed by atoms with Crippen molar-refractivity contribution in [3.63, 3.8) is 0 Å². The molecule has 0 aliphatic carbocycles. The fourth-order valence-corrected chi connectivity index (χ4v) is 1.80. The Morgan fingerprint density at radius 1 is 1.00 bits per heavy atom. The molecule has 0 saturated heterocycles. The number of ether oxygens (including phenoxy) is 1. The SMILES string of the molecule is Fc1cccc(F)c1OCCNc1ccc(Br)cc1. The molecule has 2 rings (SSSR count). The van der Waals surface area contributed by atoms with Crippen molar-refractivity contribution in [1.82, 2.24) is 0 Å². The van der Waals surface area contributed by atoms with Gasteiger partial charge in [0.25, 0.3) is 0 Å². The predicted molar refractivity (Wildman–Crippen MR) is 74.5 cm³/mol. The molecular formula is C14H12BrF2NO. The Bertz CT molecular complexity index is 525. The topological polar surface area (TPSA) is 21.3 Å². The fourth-order valence-electron chi connectivity index (χ4n) is 1.54. The number of hydrogen-bond donors (Lipinski definition) is 1. The first-order chi connectivity index (χ1) is 9.16. The number of benzene rings is 2. The second kappa shape index (κ2) is 6.52. The number of rotatable bonds is 5. The van der Waals surface area contributed by atoms with Crippen LogP contribution in [0.15, 0.2) is 46.9 Å². The predicted octanol–water partition coefficient (Wildman–Crippen LogP) is 4.22. The first-order valence-corrected chi connectivity index (χ1v) is 6.52. The molecule has 0 saturated carbocycles. The average Bonchev–Trinajstić information content (AvgIpc) is 2.39. The van der Waals surface area contributed by atoms with Gasteiger partial charge in [0.15, 0.2) is 17.4 Å². The molecule has 0 heterocycles. The first-order valence-electron chi connectivity index (χ1n) is 5.73. The smallest absolute Gasteiger partial charge is 0.190 e. The molecule has 0 fully saturated rings. The molecule has 0 bridgehead atoms. The second-order valence-electron chi connectivity index (χ2n) is 3.83. The van der Waals surface area contributed by atoms with Gasteiger partial charge in [-0.15, -0.1) is 0 Å². The van der Waals surface area contributed by atoms with Crippen molar-refractivity contribution in [2.75, 3.05) is 18.5 Å². The van der Waals surface area contributed by atoms with Crippen molar-refractivity contribution in [3.05, 3.63) is 58.6 Å². The second-order valence-corrected chi connectivity index (χ2v) is 4.75. The Kier molecular flexibility index (Phi) is 4.74. The van der Waals surface area contributed by atoms with Crippen LogP contribution in [0, 0.1) is 11.6 Å². The van der Waals surface area contributed by atoms with Crippen LogP contribution >= 0.6 is 15.9 Å². The molecule has 1 N–H and O–H groups in total. The summed E-state index contributed by atoms with van der Waals surface area (Å²) in [5, 5.41) is 3.09. The van der Waals surface area contributed by atoms with Crippen molar-refractivity contribution < 1.29 is 13.5 Å². The van der Waals surface area contributed by atoms with E-state index in [0.717, 1.165) is 10.2 Å². The molecule has 100 valence electrons. The van der Waals surface area contributed by atoms with E-state index in [-0.39, 0.29) is 12.4 Å². The minimum Gasteiger partial charge on any atom is -0.486 e. The van der Waals surface area contributed by atoms with Gasteiger partial charge in [-0.3, -0.25) is 0 Å². The zero-order valence-electron chi connectivity index (χ0n) is 10.00. The number of nitrogens with one attached hydrogen (secondary N) is 1. The van der Waals surface area contributed by atoms with Crippen LogP contribution in [-0.2, 0) is 0 Å². The standard InChI is InChI=1S/C14H12BrF2NO/c15-10-4-6-11(7-5-10)18-8-9-19-14-12(16)2-1-3-13(14)17/h1-7,18H,8-9H2. The van der Waals surface area contributed by atoms with Crippen molar-refractivity contribution in [3.8, 4) is 5.75 Å². The van der Waals surface area contributed by atoms with Crippen LogP contribution in [0.2, 0.25) is 0 Å². The van der Waals surface area contributed by atoms with E-state index in [9.17, 15) is 8.78 Å². The Hall–Kier alpha value is -1.62. The maximum atomic E-state index is 13.3. The average molecular weight is 328 g/mol. The molecule has 0 spiro atoms. The molecule has 0 atom stereocenters. The van der Waals surface area contributed by atoms with Gasteiger partial charge in [-0.1, -0.05) is 22.0 Å². The number of hydrogen-bond acceptors (Lipinski definition) is 2. The Morgan fingerprint density at radius 2 is 1.63 bits per heavy atom. The van der Waals surface area contributed by atoms with E-state index >= 15 is 0 Å². The first kappa shape index (κ1) is 13.8. The highest BCUT2D eigenvalue weighted by Gasteiger charge is 2.08. The summed E-state index contributed by atoms with van der Waals surface area (Å²) in [6.45, 7) is 0.628. The van der Waals surface area contributed by atoms with Gasteiger partial charge < -0.3 is 10.1 Å². The Labute approximate surface area is 118 Å². The molecule has 0 radical (unpaired) electrons. The summed E-state index contributed by atoms with van der Waals surface area (Å²) in [5.74, 6) is -1.72. The third kappa shape index (κ3) is 3.92. The van der Waals surface area contributed by atoms with Gasteiger partial charge in [-0.2, -0.15) is 0 Å². The van der Waals surface area contributed by atoms with Crippen LogP contribution in [0.1, 0.15) is 0 Å². The fraction of sp³-hybridized carbons (Fsp3) is 0.143. The maximum absolute atomic E-state index is 13.3. The number of anilines is 1. The van der Waals surface area contributed by atoms with Crippen LogP contribution in [-0.4, -0.2) is 13.2 Å². The minimum absolute atomic E-state index is 0.175. The van der Waals surface area contributed by atoms with Crippen LogP contribution < -0.4 is 10.1 Å². The molecule has 0 aliphatic rings. The lowest BCUT2D eigenvalue weighted by Gasteiger charge is -2.09. The lowest BCUT2D eigenvalue weighted by atomic mass is 10.3. The summed E-state index contributed by atoms with van der Waals surface area (Å²) in [4.78, 5) is 0. The zero-order chi connectivity index (χ0) is 13.7. The summed E-state index contributed by atoms with van der Waals surface area (Å²) in [5.41, 5.74) is 0.917. The molecule has 5 heteroatoms. The molecule has 0 aromatic heterocycles. The third-order valence-corrected chi connectivity index (χ3v) is 2.97. The molecule has 2 aromatic rings. The van der Waals surface area contributed by atoms with E-state index in [4.69, 9.17) is 4.74 Å². The van der Waals surface area contributed by atoms with Gasteiger partial charge >= 0.3 is 0 Å². The van der Waals surface area contributed by atoms with Gasteiger partial charge in [-0.25, -0.2) is 8.78 Å². The summed E-state index contributed by atoms with van der Waals surface area (Å²) in [7, 11) is 0. The van der Waals surface area contributed by atoms with Crippen LogP contribution in [0.3, 0.4) is 0 Å². The largest absolute Gasteiger partial charge is 0.486 e. The van der Waals surface area contributed by atoms with Gasteiger partial charge in [0.2, 0.25) is 0 Å². The summed E-state index contributed by atoms with van der Waals surface area (Å²) in [6.07, 6.45) is 0. The number of para-hydroxylation sites is 1. The molecule has 19 heavy (non-hydrogen) atoms. The van der Waals surface area contributed by atoms with Gasteiger partial charge in [-0.05, 0) is 36.4 Å². The molecule has 0 aliphatic heterocycles. The number of halogens is 3. The van der Waals surface area contributed by atoms with Gasteiger partial charge in [0.1, 0.15) is 6.61 Å². The van der Waals surface area contributed by atoms with Crippen LogP contribution in [0.5, 0.6) is 5.75 Å². The lowest BCUT2D eigenvalue weighted by molar-refractivity contribution is 0.297. The highest BCUT2D eigenvalue weighted by molar-refractivity contribution is 9.10. The monoisotopic (exact) mass is 327 g/mol. The van der Waals surface area contributed by atoms with Crippen molar-refractivity contribution in [2.24, 2.45) is 0 Å². The van der Waals surface area contributed by atoms with E-state index in [1.165, 1.54) is 18.2 Å². The van der Waals surface area contributed by atoms with E-state index in [0.29, 0.717) is 6.54 Å². The zero-order valence-corrected chi connectivity index (χ0v) is 11.6. The van der Waals surface area contributed by atoms with Gasteiger partial charge in [0, 0.05) is 16.7 Å². The minimum atomic E-state index is -0.691. The third-order valence-electron chi connectivity index (χ3n) is 2.44. The van der Waals surface area contributed by atoms with E-state index in [2.05, 4.69) is 21.2 Å². The Balaban J connectivity index is 1.82.